The number of carboxylic acids is 3. The van der Waals surface area contributed by atoms with Crippen LogP contribution in [-0.2, 0) is 27.2 Å². The van der Waals surface area contributed by atoms with Crippen molar-refractivity contribution in [1.29, 1.82) is 0 Å². The van der Waals surface area contributed by atoms with Gasteiger partial charge in [0, 0.05) is 12.1 Å². The quantitative estimate of drug-likeness (QED) is 0.218. The molecule has 0 bridgehead atoms. The van der Waals surface area contributed by atoms with Crippen molar-refractivity contribution in [2.45, 2.75) is 25.7 Å². The summed E-state index contributed by atoms with van der Waals surface area (Å²) < 4.78 is 11.3. The highest BCUT2D eigenvalue weighted by atomic mass is 35.5. The lowest BCUT2D eigenvalue weighted by Gasteiger charge is -2.24. The number of nitrogen functional groups attached to an aromatic ring is 1. The minimum atomic E-state index is -1.45. The Balaban J connectivity index is 0.00000481. The SMILES string of the molecule is Cl.Nc1ccc2c(c1)CCCOc1c(ccc(CCC(=O)O)c1C(=O)N(CC(=O)O)CC(=O)O)OC2=O. The Bertz CT molecular complexity index is 1210. The second-order valence-electron chi connectivity index (χ2n) is 8.03. The summed E-state index contributed by atoms with van der Waals surface area (Å²) in [7, 11) is 0. The second kappa shape index (κ2) is 12.6. The monoisotopic (exact) mass is 536 g/mol. The van der Waals surface area contributed by atoms with Gasteiger partial charge in [-0.2, -0.15) is 0 Å². The Labute approximate surface area is 217 Å². The first-order chi connectivity index (χ1) is 17.1. The smallest absolute Gasteiger partial charge is 0.343 e. The highest BCUT2D eigenvalue weighted by Crippen LogP contribution is 2.37. The van der Waals surface area contributed by atoms with Gasteiger partial charge in [-0.05, 0) is 54.7 Å². The van der Waals surface area contributed by atoms with Crippen LogP contribution in [0.1, 0.15) is 44.7 Å². The third-order valence-electron chi connectivity index (χ3n) is 5.36. The number of aliphatic carboxylic acids is 3. The summed E-state index contributed by atoms with van der Waals surface area (Å²) in [6, 6.07) is 7.42. The number of anilines is 1. The average Bonchev–Trinajstić information content (AvgIpc) is 2.79. The number of aryl methyl sites for hydroxylation is 2. The van der Waals surface area contributed by atoms with Crippen LogP contribution >= 0.6 is 12.4 Å². The van der Waals surface area contributed by atoms with E-state index in [-0.39, 0.29) is 60.0 Å². The average molecular weight is 537 g/mol. The van der Waals surface area contributed by atoms with Crippen molar-refractivity contribution in [3.8, 4) is 11.5 Å². The van der Waals surface area contributed by atoms with Crippen molar-refractivity contribution in [2.75, 3.05) is 25.4 Å². The molecule has 0 aromatic heterocycles. The lowest BCUT2D eigenvalue weighted by atomic mass is 9.99. The van der Waals surface area contributed by atoms with E-state index in [1.807, 2.05) is 0 Å². The number of esters is 1. The molecule has 0 saturated heterocycles. The molecule has 1 aliphatic rings. The normalized spacial score (nSPS) is 12.5. The van der Waals surface area contributed by atoms with Crippen LogP contribution in [0.5, 0.6) is 11.5 Å². The topological polar surface area (TPSA) is 194 Å². The molecule has 2 aromatic rings. The van der Waals surface area contributed by atoms with E-state index in [1.165, 1.54) is 18.2 Å². The van der Waals surface area contributed by atoms with Crippen molar-refractivity contribution >= 4 is 47.9 Å². The standard InChI is InChI=1S/C24H24N2O10.ClH/c25-15-5-6-16-14(10-15)2-1-9-35-22-17(36-24(16)34)7-3-13(4-8-18(27)28)21(22)23(33)26(11-19(29)30)12-20(31)32;/h3,5-7,10H,1-2,4,8-9,11-12,25H2,(H,27,28)(H,29,30)(H,31,32);1H. The van der Waals surface area contributed by atoms with Crippen LogP contribution in [0, 0.1) is 0 Å². The summed E-state index contributed by atoms with van der Waals surface area (Å²) in [6.07, 6.45) is 0.295. The first-order valence-electron chi connectivity index (χ1n) is 10.9. The maximum absolute atomic E-state index is 13.4. The Morgan fingerprint density at radius 1 is 0.973 bits per heavy atom. The molecule has 3 rings (SSSR count). The molecule has 0 radical (unpaired) electrons. The van der Waals surface area contributed by atoms with Gasteiger partial charge >= 0.3 is 23.9 Å². The number of carboxylic acid groups (broad SMARTS) is 3. The minimum Gasteiger partial charge on any atom is -0.489 e. The third-order valence-corrected chi connectivity index (χ3v) is 5.36. The summed E-state index contributed by atoms with van der Waals surface area (Å²) in [5.41, 5.74) is 7.11. The molecule has 198 valence electrons. The van der Waals surface area contributed by atoms with Gasteiger partial charge in [0.2, 0.25) is 0 Å². The van der Waals surface area contributed by atoms with Crippen LogP contribution < -0.4 is 15.2 Å². The van der Waals surface area contributed by atoms with Crippen molar-refractivity contribution in [3.05, 3.63) is 52.6 Å². The molecule has 13 heteroatoms. The molecular formula is C24H25ClN2O10. The number of rotatable bonds is 8. The Morgan fingerprint density at radius 2 is 1.65 bits per heavy atom. The molecule has 12 nitrogen and oxygen atoms in total. The fourth-order valence-corrected chi connectivity index (χ4v) is 3.81. The van der Waals surface area contributed by atoms with E-state index >= 15 is 0 Å². The molecule has 1 amide bonds. The number of hydrogen-bond donors (Lipinski definition) is 4. The number of carbonyl (C=O) groups is 5. The number of benzene rings is 2. The predicted molar refractivity (Wildman–Crippen MR) is 130 cm³/mol. The molecule has 2 aromatic carbocycles. The highest BCUT2D eigenvalue weighted by Gasteiger charge is 2.30. The number of ether oxygens (including phenoxy) is 2. The molecule has 0 spiro atoms. The van der Waals surface area contributed by atoms with Crippen LogP contribution in [0.4, 0.5) is 5.69 Å². The van der Waals surface area contributed by atoms with E-state index in [0.717, 1.165) is 0 Å². The van der Waals surface area contributed by atoms with Gasteiger partial charge < -0.3 is 35.4 Å². The zero-order valence-electron chi connectivity index (χ0n) is 19.5. The third kappa shape index (κ3) is 7.34. The largest absolute Gasteiger partial charge is 0.489 e. The summed E-state index contributed by atoms with van der Waals surface area (Å²) in [5.74, 6) is -6.17. The number of amides is 1. The maximum Gasteiger partial charge on any atom is 0.343 e. The van der Waals surface area contributed by atoms with Gasteiger partial charge in [-0.3, -0.25) is 19.2 Å². The van der Waals surface area contributed by atoms with E-state index in [1.54, 1.807) is 12.1 Å². The molecule has 37 heavy (non-hydrogen) atoms. The first-order valence-corrected chi connectivity index (χ1v) is 10.9. The number of nitrogens with zero attached hydrogens (tertiary/aromatic N) is 1. The number of halogens is 1. The molecular weight excluding hydrogens is 512 g/mol. The fourth-order valence-electron chi connectivity index (χ4n) is 3.81. The summed E-state index contributed by atoms with van der Waals surface area (Å²) in [4.78, 5) is 60.8. The summed E-state index contributed by atoms with van der Waals surface area (Å²) in [5, 5.41) is 27.5. The van der Waals surface area contributed by atoms with Crippen molar-refractivity contribution in [2.24, 2.45) is 0 Å². The van der Waals surface area contributed by atoms with Gasteiger partial charge in [0.15, 0.2) is 11.5 Å². The van der Waals surface area contributed by atoms with Crippen LogP contribution in [0.15, 0.2) is 30.3 Å². The van der Waals surface area contributed by atoms with Gasteiger partial charge in [-0.1, -0.05) is 6.07 Å². The van der Waals surface area contributed by atoms with Crippen LogP contribution in [0.25, 0.3) is 0 Å². The van der Waals surface area contributed by atoms with Gasteiger partial charge in [0.25, 0.3) is 5.91 Å². The molecule has 0 saturated carbocycles. The molecule has 5 N–H and O–H groups in total. The zero-order chi connectivity index (χ0) is 26.4. The Kier molecular flexibility index (Phi) is 9.83. The number of carbonyl (C=O) groups excluding carboxylic acids is 2. The maximum atomic E-state index is 13.4. The van der Waals surface area contributed by atoms with Crippen LogP contribution in [0.2, 0.25) is 0 Å². The van der Waals surface area contributed by atoms with Gasteiger partial charge in [0.1, 0.15) is 13.1 Å². The molecule has 0 fully saturated rings. The van der Waals surface area contributed by atoms with E-state index in [4.69, 9.17) is 20.3 Å². The number of hydrogen-bond acceptors (Lipinski definition) is 8. The Morgan fingerprint density at radius 3 is 2.27 bits per heavy atom. The molecule has 0 atom stereocenters. The van der Waals surface area contributed by atoms with E-state index in [2.05, 4.69) is 0 Å². The van der Waals surface area contributed by atoms with Gasteiger partial charge in [-0.25, -0.2) is 4.79 Å². The van der Waals surface area contributed by atoms with Gasteiger partial charge in [-0.15, -0.1) is 12.4 Å². The molecule has 1 heterocycles. The first kappa shape index (κ1) is 28.9. The van der Waals surface area contributed by atoms with Crippen molar-refractivity contribution < 1.29 is 48.8 Å². The fraction of sp³-hybridized carbons (Fsp3) is 0.292. The van der Waals surface area contributed by atoms with E-state index in [0.29, 0.717) is 29.0 Å². The molecule has 1 aliphatic heterocycles. The summed E-state index contributed by atoms with van der Waals surface area (Å²) in [6.45, 7) is -1.80. The van der Waals surface area contributed by atoms with Gasteiger partial charge in [0.05, 0.1) is 17.7 Å². The molecule has 0 unspecified atom stereocenters. The highest BCUT2D eigenvalue weighted by molar-refractivity contribution is 6.02. The predicted octanol–water partition coefficient (Wildman–Crippen LogP) is 1.86. The zero-order valence-corrected chi connectivity index (χ0v) is 20.3. The van der Waals surface area contributed by atoms with Crippen molar-refractivity contribution in [1.82, 2.24) is 4.90 Å². The van der Waals surface area contributed by atoms with Crippen LogP contribution in [-0.4, -0.2) is 69.7 Å². The summed E-state index contributed by atoms with van der Waals surface area (Å²) >= 11 is 0. The van der Waals surface area contributed by atoms with E-state index < -0.39 is 42.9 Å². The number of nitrogens with two attached hydrogens (primary N) is 1. The minimum absolute atomic E-state index is 0. The number of fused-ring (bicyclic) bond motifs is 2. The molecule has 0 aliphatic carbocycles. The van der Waals surface area contributed by atoms with Crippen LogP contribution in [0.3, 0.4) is 0 Å². The van der Waals surface area contributed by atoms with Crippen molar-refractivity contribution in [3.63, 3.8) is 0 Å². The lowest BCUT2D eigenvalue weighted by Crippen LogP contribution is -2.40. The second-order valence-corrected chi connectivity index (χ2v) is 8.03. The Hall–Kier alpha value is -4.32. The van der Waals surface area contributed by atoms with E-state index in [9.17, 15) is 34.2 Å². The lowest BCUT2D eigenvalue weighted by molar-refractivity contribution is -0.141.